The standard InChI is InChI=1S/C9H12ClNO/c1-4-7(9(10)12)5-8(11)6(2)3/h4-5H,2,11H2,1,3H3/b7-4+,8-5+. The monoisotopic (exact) mass is 185 g/mol. The van der Waals surface area contributed by atoms with Crippen LogP contribution in [0.15, 0.2) is 35.6 Å². The van der Waals surface area contributed by atoms with Gasteiger partial charge in [0.05, 0.1) is 0 Å². The average molecular weight is 186 g/mol. The summed E-state index contributed by atoms with van der Waals surface area (Å²) in [6.45, 7) is 7.11. The lowest BCUT2D eigenvalue weighted by molar-refractivity contribution is -0.108. The summed E-state index contributed by atoms with van der Waals surface area (Å²) in [5, 5.41) is -0.512. The largest absolute Gasteiger partial charge is 0.399 e. The van der Waals surface area contributed by atoms with E-state index < -0.39 is 5.24 Å². The Hall–Kier alpha value is -1.02. The Morgan fingerprint density at radius 3 is 2.33 bits per heavy atom. The van der Waals surface area contributed by atoms with E-state index in [9.17, 15) is 4.79 Å². The molecule has 2 N–H and O–H groups in total. The van der Waals surface area contributed by atoms with Crippen LogP contribution in [-0.2, 0) is 4.79 Å². The molecule has 2 nitrogen and oxygen atoms in total. The van der Waals surface area contributed by atoms with Crippen molar-refractivity contribution in [1.29, 1.82) is 0 Å². The van der Waals surface area contributed by atoms with Crippen molar-refractivity contribution < 1.29 is 4.79 Å². The van der Waals surface area contributed by atoms with Gasteiger partial charge in [-0.15, -0.1) is 0 Å². The zero-order valence-electron chi connectivity index (χ0n) is 7.23. The van der Waals surface area contributed by atoms with Crippen LogP contribution in [0.5, 0.6) is 0 Å². The molecule has 66 valence electrons. The molecule has 12 heavy (non-hydrogen) atoms. The average Bonchev–Trinajstić information content (AvgIpc) is 1.98. The maximum atomic E-state index is 10.7. The minimum absolute atomic E-state index is 0.386. The second-order valence-electron chi connectivity index (χ2n) is 2.40. The molecule has 0 aliphatic heterocycles. The molecule has 0 spiro atoms. The van der Waals surface area contributed by atoms with Gasteiger partial charge in [-0.3, -0.25) is 4.79 Å². The van der Waals surface area contributed by atoms with E-state index in [1.54, 1.807) is 19.9 Å². The van der Waals surface area contributed by atoms with E-state index in [1.807, 2.05) is 0 Å². The van der Waals surface area contributed by atoms with Crippen molar-refractivity contribution in [3.05, 3.63) is 35.6 Å². The van der Waals surface area contributed by atoms with Crippen LogP contribution in [-0.4, -0.2) is 5.24 Å². The normalized spacial score (nSPS) is 12.9. The quantitative estimate of drug-likeness (QED) is 0.416. The molecule has 0 aromatic carbocycles. The maximum Gasteiger partial charge on any atom is 0.252 e. The second-order valence-corrected chi connectivity index (χ2v) is 2.74. The molecule has 0 saturated heterocycles. The van der Waals surface area contributed by atoms with Gasteiger partial charge in [-0.25, -0.2) is 0 Å². The summed E-state index contributed by atoms with van der Waals surface area (Å²) in [7, 11) is 0. The summed E-state index contributed by atoms with van der Waals surface area (Å²) < 4.78 is 0. The minimum atomic E-state index is -0.512. The number of allylic oxidation sites excluding steroid dienone is 4. The lowest BCUT2D eigenvalue weighted by Crippen LogP contribution is -2.00. The lowest BCUT2D eigenvalue weighted by Gasteiger charge is -1.99. The van der Waals surface area contributed by atoms with E-state index in [4.69, 9.17) is 17.3 Å². The van der Waals surface area contributed by atoms with Gasteiger partial charge >= 0.3 is 0 Å². The highest BCUT2D eigenvalue weighted by Gasteiger charge is 2.01. The number of hydrogen-bond acceptors (Lipinski definition) is 2. The second kappa shape index (κ2) is 4.78. The fourth-order valence-electron chi connectivity index (χ4n) is 0.544. The first-order chi connectivity index (χ1) is 5.49. The Morgan fingerprint density at radius 1 is 1.58 bits per heavy atom. The van der Waals surface area contributed by atoms with E-state index in [0.29, 0.717) is 16.8 Å². The number of nitrogens with two attached hydrogens (primary N) is 1. The van der Waals surface area contributed by atoms with Crippen LogP contribution >= 0.6 is 11.6 Å². The molecule has 0 fully saturated rings. The fraction of sp³-hybridized carbons (Fsp3) is 0.222. The van der Waals surface area contributed by atoms with E-state index in [2.05, 4.69) is 6.58 Å². The van der Waals surface area contributed by atoms with Crippen molar-refractivity contribution in [1.82, 2.24) is 0 Å². The molecule has 3 heteroatoms. The number of hydrogen-bond donors (Lipinski definition) is 1. The molecular weight excluding hydrogens is 174 g/mol. The topological polar surface area (TPSA) is 43.1 Å². The highest BCUT2D eigenvalue weighted by molar-refractivity contribution is 6.68. The molecule has 0 aromatic heterocycles. The Morgan fingerprint density at radius 2 is 2.08 bits per heavy atom. The van der Waals surface area contributed by atoms with Crippen LogP contribution < -0.4 is 5.73 Å². The predicted octanol–water partition coefficient (Wildman–Crippen LogP) is 2.12. The molecule has 0 bridgehead atoms. The van der Waals surface area contributed by atoms with Gasteiger partial charge in [0.1, 0.15) is 0 Å². The number of rotatable bonds is 3. The van der Waals surface area contributed by atoms with Gasteiger partial charge in [0.25, 0.3) is 5.24 Å². The third-order valence-electron chi connectivity index (χ3n) is 1.34. The van der Waals surface area contributed by atoms with Crippen molar-refractivity contribution in [3.8, 4) is 0 Å². The minimum Gasteiger partial charge on any atom is -0.399 e. The van der Waals surface area contributed by atoms with Crippen molar-refractivity contribution in [2.75, 3.05) is 0 Å². The number of carbonyl (C=O) groups excluding carboxylic acids is 1. The van der Waals surface area contributed by atoms with Crippen LogP contribution in [0, 0.1) is 0 Å². The van der Waals surface area contributed by atoms with Crippen molar-refractivity contribution in [2.45, 2.75) is 13.8 Å². The summed E-state index contributed by atoms with van der Waals surface area (Å²) >= 11 is 5.26. The zero-order valence-corrected chi connectivity index (χ0v) is 7.98. The zero-order chi connectivity index (χ0) is 9.72. The molecule has 0 aliphatic rings. The molecule has 0 aromatic rings. The van der Waals surface area contributed by atoms with Gasteiger partial charge < -0.3 is 5.73 Å². The molecule has 0 amide bonds. The fourth-order valence-corrected chi connectivity index (χ4v) is 0.708. The highest BCUT2D eigenvalue weighted by atomic mass is 35.5. The molecule has 0 unspecified atom stereocenters. The first kappa shape index (κ1) is 11.0. The summed E-state index contributed by atoms with van der Waals surface area (Å²) in [6, 6.07) is 0. The van der Waals surface area contributed by atoms with E-state index in [0.717, 1.165) is 0 Å². The molecule has 0 atom stereocenters. The highest BCUT2D eigenvalue weighted by Crippen LogP contribution is 2.07. The molecule has 0 rings (SSSR count). The summed E-state index contributed by atoms with van der Waals surface area (Å²) in [5.74, 6) is 0. The predicted molar refractivity (Wildman–Crippen MR) is 51.7 cm³/mol. The summed E-state index contributed by atoms with van der Waals surface area (Å²) in [6.07, 6.45) is 3.11. The molecule has 0 saturated carbocycles. The van der Waals surface area contributed by atoms with Crippen molar-refractivity contribution in [3.63, 3.8) is 0 Å². The smallest absolute Gasteiger partial charge is 0.252 e. The van der Waals surface area contributed by atoms with Crippen LogP contribution in [0.1, 0.15) is 13.8 Å². The maximum absolute atomic E-state index is 10.7. The van der Waals surface area contributed by atoms with Gasteiger partial charge in [-0.1, -0.05) is 12.7 Å². The first-order valence-corrected chi connectivity index (χ1v) is 3.86. The summed E-state index contributed by atoms with van der Waals surface area (Å²) in [4.78, 5) is 10.7. The molecule has 0 radical (unpaired) electrons. The van der Waals surface area contributed by atoms with Crippen molar-refractivity contribution in [2.24, 2.45) is 5.73 Å². The first-order valence-electron chi connectivity index (χ1n) is 3.48. The lowest BCUT2D eigenvalue weighted by atomic mass is 10.2. The van der Waals surface area contributed by atoms with Crippen LogP contribution in [0.2, 0.25) is 0 Å². The van der Waals surface area contributed by atoms with Gasteiger partial charge in [0.15, 0.2) is 0 Å². The number of carbonyl (C=O) groups is 1. The van der Waals surface area contributed by atoms with Crippen LogP contribution in [0.25, 0.3) is 0 Å². The van der Waals surface area contributed by atoms with Crippen LogP contribution in [0.3, 0.4) is 0 Å². The number of halogens is 1. The van der Waals surface area contributed by atoms with Crippen LogP contribution in [0.4, 0.5) is 0 Å². The molecule has 0 aliphatic carbocycles. The summed E-state index contributed by atoms with van der Waals surface area (Å²) in [5.41, 5.74) is 7.11. The molecular formula is C9H12ClNO. The third-order valence-corrected chi connectivity index (χ3v) is 1.56. The Kier molecular flexibility index (Phi) is 4.37. The van der Waals surface area contributed by atoms with E-state index in [-0.39, 0.29) is 0 Å². The van der Waals surface area contributed by atoms with Gasteiger partial charge in [0, 0.05) is 11.3 Å². The molecule has 0 heterocycles. The Balaban J connectivity index is 4.72. The van der Waals surface area contributed by atoms with Crippen molar-refractivity contribution >= 4 is 16.8 Å². The SMILES string of the molecule is C=C(C)/C(N)=C\C(=C/C)C(=O)Cl. The third kappa shape index (κ3) is 3.39. The van der Waals surface area contributed by atoms with Gasteiger partial charge in [-0.2, -0.15) is 0 Å². The Labute approximate surface area is 77.4 Å². The Bertz CT molecular complexity index is 264. The van der Waals surface area contributed by atoms with Gasteiger partial charge in [-0.05, 0) is 37.1 Å². The van der Waals surface area contributed by atoms with E-state index >= 15 is 0 Å². The van der Waals surface area contributed by atoms with Gasteiger partial charge in [0.2, 0.25) is 0 Å². The van der Waals surface area contributed by atoms with E-state index in [1.165, 1.54) is 6.08 Å².